The van der Waals surface area contributed by atoms with Crippen LogP contribution in [0.1, 0.15) is 56.4 Å². The molecular formula is C28H36FN2O5P. The van der Waals surface area contributed by atoms with Gasteiger partial charge in [0.25, 0.3) is 0 Å². The van der Waals surface area contributed by atoms with Gasteiger partial charge in [0.05, 0.1) is 19.4 Å². The van der Waals surface area contributed by atoms with Crippen molar-refractivity contribution in [3.05, 3.63) is 71.3 Å². The number of methoxy groups -OCH3 is 2. The number of pyridine rings is 2. The van der Waals surface area contributed by atoms with Gasteiger partial charge in [-0.05, 0) is 45.7 Å². The lowest BCUT2D eigenvalue weighted by atomic mass is 9.81. The molecule has 7 nitrogen and oxygen atoms in total. The Bertz CT molecular complexity index is 1270. The Morgan fingerprint density at radius 3 is 2.41 bits per heavy atom. The number of hydrogen-bond donors (Lipinski definition) is 1. The van der Waals surface area contributed by atoms with Crippen LogP contribution in [-0.4, -0.2) is 41.9 Å². The van der Waals surface area contributed by atoms with Gasteiger partial charge in [-0.1, -0.05) is 39.8 Å². The summed E-state index contributed by atoms with van der Waals surface area (Å²) in [5, 5.41) is 0. The maximum atomic E-state index is 14.9. The van der Waals surface area contributed by atoms with E-state index >= 15 is 0 Å². The molecule has 2 aromatic heterocycles. The molecule has 1 N–H and O–H groups in total. The number of benzene rings is 1. The summed E-state index contributed by atoms with van der Waals surface area (Å²) >= 11 is 0. The quantitative estimate of drug-likeness (QED) is 0.295. The van der Waals surface area contributed by atoms with Crippen LogP contribution in [0, 0.1) is 11.2 Å². The van der Waals surface area contributed by atoms with Crippen LogP contribution in [0.4, 0.5) is 4.39 Å². The summed E-state index contributed by atoms with van der Waals surface area (Å²) in [6.07, 6.45) is 2.64. The number of aromatic nitrogens is 2. The average Bonchev–Trinajstić information content (AvgIpc) is 2.82. The SMILES string of the molecule is COc1cc(-c2ccc(COc3cc(C(C)CP(C)(=O)O)ccn3)cc2[C@@H](OC)C(C)(C)C)c(F)cn1. The fourth-order valence-electron chi connectivity index (χ4n) is 4.43. The fraction of sp³-hybridized carbons (Fsp3) is 0.429. The zero-order valence-electron chi connectivity index (χ0n) is 22.5. The van der Waals surface area contributed by atoms with E-state index in [1.807, 2.05) is 31.2 Å². The highest BCUT2D eigenvalue weighted by Crippen LogP contribution is 2.42. The molecule has 0 saturated carbocycles. The first-order valence-corrected chi connectivity index (χ1v) is 14.3. The summed E-state index contributed by atoms with van der Waals surface area (Å²) in [5.41, 5.74) is 3.35. The Morgan fingerprint density at radius 2 is 1.78 bits per heavy atom. The Kier molecular flexibility index (Phi) is 9.11. The van der Waals surface area contributed by atoms with Gasteiger partial charge in [-0.3, -0.25) is 4.57 Å². The maximum absolute atomic E-state index is 14.9. The molecule has 0 radical (unpaired) electrons. The van der Waals surface area contributed by atoms with Gasteiger partial charge in [0.15, 0.2) is 7.37 Å². The van der Waals surface area contributed by atoms with E-state index in [2.05, 4.69) is 30.7 Å². The van der Waals surface area contributed by atoms with Crippen LogP contribution in [0.2, 0.25) is 0 Å². The lowest BCUT2D eigenvalue weighted by Crippen LogP contribution is -2.21. The minimum Gasteiger partial charge on any atom is -0.481 e. The monoisotopic (exact) mass is 530 g/mol. The minimum absolute atomic E-state index is 0.112. The topological polar surface area (TPSA) is 90.8 Å². The molecular weight excluding hydrogens is 494 g/mol. The van der Waals surface area contributed by atoms with Crippen molar-refractivity contribution in [1.82, 2.24) is 9.97 Å². The highest BCUT2D eigenvalue weighted by Gasteiger charge is 2.29. The van der Waals surface area contributed by atoms with Gasteiger partial charge in [-0.15, -0.1) is 0 Å². The van der Waals surface area contributed by atoms with E-state index in [1.165, 1.54) is 13.8 Å². The molecule has 0 spiro atoms. The van der Waals surface area contributed by atoms with Crippen molar-refractivity contribution in [2.45, 2.75) is 46.3 Å². The standard InChI is InChI=1S/C28H36FN2O5P/c1-18(17-37(7,32)33)20-10-11-30-26(13-20)36-16-19-8-9-21(22-14-25(34-5)31-15-24(22)29)23(12-19)27(35-6)28(2,3)4/h8-15,18,27H,16-17H2,1-7H3,(H,32,33)/t18?,27-/m1/s1. The van der Waals surface area contributed by atoms with Gasteiger partial charge in [0.1, 0.15) is 12.4 Å². The summed E-state index contributed by atoms with van der Waals surface area (Å²) in [4.78, 5) is 18.0. The number of ether oxygens (including phenoxy) is 3. The molecule has 37 heavy (non-hydrogen) atoms. The maximum Gasteiger partial charge on any atom is 0.213 e. The Morgan fingerprint density at radius 1 is 1.05 bits per heavy atom. The van der Waals surface area contributed by atoms with E-state index in [0.717, 1.165) is 22.9 Å². The first kappa shape index (κ1) is 28.8. The van der Waals surface area contributed by atoms with Crippen molar-refractivity contribution in [3.63, 3.8) is 0 Å². The first-order chi connectivity index (χ1) is 17.3. The van der Waals surface area contributed by atoms with Crippen molar-refractivity contribution >= 4 is 7.37 Å². The number of nitrogens with zero attached hydrogens (tertiary/aromatic N) is 2. The van der Waals surface area contributed by atoms with Gasteiger partial charge in [-0.2, -0.15) is 0 Å². The molecule has 0 aliphatic heterocycles. The predicted molar refractivity (Wildman–Crippen MR) is 143 cm³/mol. The molecule has 0 aliphatic rings. The predicted octanol–water partition coefficient (Wildman–Crippen LogP) is 6.61. The van der Waals surface area contributed by atoms with Gasteiger partial charge >= 0.3 is 0 Å². The zero-order chi connectivity index (χ0) is 27.4. The molecule has 9 heteroatoms. The largest absolute Gasteiger partial charge is 0.481 e. The third kappa shape index (κ3) is 7.60. The molecule has 0 bridgehead atoms. The van der Waals surface area contributed by atoms with Crippen LogP contribution in [-0.2, 0) is 15.9 Å². The Labute approximate surface area is 218 Å². The van der Waals surface area contributed by atoms with Crippen molar-refractivity contribution in [3.8, 4) is 22.9 Å². The molecule has 0 aliphatic carbocycles. The molecule has 0 amide bonds. The van der Waals surface area contributed by atoms with E-state index in [9.17, 15) is 13.8 Å². The third-order valence-electron chi connectivity index (χ3n) is 6.08. The molecule has 0 saturated heterocycles. The van der Waals surface area contributed by atoms with Crippen LogP contribution in [0.3, 0.4) is 0 Å². The van der Waals surface area contributed by atoms with Crippen LogP contribution >= 0.6 is 7.37 Å². The average molecular weight is 531 g/mol. The molecule has 2 heterocycles. The zero-order valence-corrected chi connectivity index (χ0v) is 23.4. The van der Waals surface area contributed by atoms with Gasteiger partial charge < -0.3 is 19.1 Å². The second-order valence-electron chi connectivity index (χ2n) is 10.5. The van der Waals surface area contributed by atoms with Crippen LogP contribution in [0.5, 0.6) is 11.8 Å². The van der Waals surface area contributed by atoms with E-state index in [0.29, 0.717) is 22.9 Å². The van der Waals surface area contributed by atoms with E-state index in [4.69, 9.17) is 14.2 Å². The van der Waals surface area contributed by atoms with Crippen LogP contribution < -0.4 is 9.47 Å². The third-order valence-corrected chi connectivity index (χ3v) is 7.30. The summed E-state index contributed by atoms with van der Waals surface area (Å²) < 4.78 is 43.8. The normalized spacial score (nSPS) is 15.1. The highest BCUT2D eigenvalue weighted by atomic mass is 31.2. The second kappa shape index (κ2) is 11.7. The van der Waals surface area contributed by atoms with Crippen molar-refractivity contribution in [2.24, 2.45) is 5.41 Å². The summed E-state index contributed by atoms with van der Waals surface area (Å²) in [6.45, 7) is 9.69. The van der Waals surface area contributed by atoms with E-state index < -0.39 is 13.2 Å². The van der Waals surface area contributed by atoms with Crippen molar-refractivity contribution in [1.29, 1.82) is 0 Å². The minimum atomic E-state index is -3.15. The molecule has 2 unspecified atom stereocenters. The number of hydrogen-bond acceptors (Lipinski definition) is 6. The van der Waals surface area contributed by atoms with E-state index in [-0.39, 0.29) is 30.2 Å². The summed E-state index contributed by atoms with van der Waals surface area (Å²) in [7, 11) is -0.0120. The van der Waals surface area contributed by atoms with Crippen LogP contribution in [0.25, 0.3) is 11.1 Å². The van der Waals surface area contributed by atoms with Crippen molar-refractivity contribution < 1.29 is 28.1 Å². The first-order valence-electron chi connectivity index (χ1n) is 12.1. The van der Waals surface area contributed by atoms with E-state index in [1.54, 1.807) is 25.4 Å². The molecule has 3 aromatic rings. The highest BCUT2D eigenvalue weighted by molar-refractivity contribution is 7.57. The van der Waals surface area contributed by atoms with Gasteiger partial charge in [-0.25, -0.2) is 14.4 Å². The summed E-state index contributed by atoms with van der Waals surface area (Å²) in [5.74, 6) is 0.172. The smallest absolute Gasteiger partial charge is 0.213 e. The molecule has 3 atom stereocenters. The number of rotatable bonds is 10. The molecule has 3 rings (SSSR count). The van der Waals surface area contributed by atoms with Crippen LogP contribution in [0.15, 0.2) is 48.8 Å². The second-order valence-corrected chi connectivity index (χ2v) is 12.9. The number of halogens is 1. The van der Waals surface area contributed by atoms with Gasteiger partial charge in [0, 0.05) is 43.8 Å². The fourth-order valence-corrected chi connectivity index (χ4v) is 5.66. The van der Waals surface area contributed by atoms with Gasteiger partial charge in [0.2, 0.25) is 11.8 Å². The summed E-state index contributed by atoms with van der Waals surface area (Å²) in [6, 6.07) is 10.9. The molecule has 0 fully saturated rings. The Hall–Kier alpha value is -2.80. The lowest BCUT2D eigenvalue weighted by molar-refractivity contribution is 0.0155. The van der Waals surface area contributed by atoms with Crippen molar-refractivity contribution in [2.75, 3.05) is 27.0 Å². The molecule has 1 aromatic carbocycles. The lowest BCUT2D eigenvalue weighted by Gasteiger charge is -2.32. The Balaban J connectivity index is 1.94. The molecule has 200 valence electrons.